The largest absolute Gasteiger partial charge is 0.356 e. The number of nitrogens with zero attached hydrogens (tertiary/aromatic N) is 4. The monoisotopic (exact) mass is 348 g/mol. The van der Waals surface area contributed by atoms with E-state index in [-0.39, 0.29) is 12.0 Å². The summed E-state index contributed by atoms with van der Waals surface area (Å²) in [6.07, 6.45) is 4.57. The molecule has 0 aliphatic carbocycles. The first-order valence-corrected chi connectivity index (χ1v) is 8.59. The number of rotatable bonds is 3. The minimum Gasteiger partial charge on any atom is -0.356 e. The Morgan fingerprint density at radius 3 is 2.69 bits per heavy atom. The van der Waals surface area contributed by atoms with E-state index in [1.807, 2.05) is 6.07 Å². The van der Waals surface area contributed by atoms with E-state index in [0.29, 0.717) is 23.6 Å². The van der Waals surface area contributed by atoms with E-state index in [1.54, 1.807) is 35.1 Å². The number of hydrogen-bond donors (Lipinski definition) is 0. The van der Waals surface area contributed by atoms with Crippen LogP contribution in [-0.2, 0) is 4.74 Å². The SMILES string of the molecule is N#Cc1ccc(-c2ccc(F)cc2)nc1-c1ccnn1C1CCCCO1. The van der Waals surface area contributed by atoms with Crippen molar-refractivity contribution >= 4 is 0 Å². The Bertz CT molecular complexity index is 953. The third kappa shape index (κ3) is 3.09. The van der Waals surface area contributed by atoms with Crippen molar-refractivity contribution in [3.8, 4) is 28.7 Å². The van der Waals surface area contributed by atoms with Crippen LogP contribution < -0.4 is 0 Å². The van der Waals surface area contributed by atoms with Gasteiger partial charge in [-0.2, -0.15) is 10.4 Å². The van der Waals surface area contributed by atoms with Crippen molar-refractivity contribution in [2.75, 3.05) is 6.61 Å². The van der Waals surface area contributed by atoms with Gasteiger partial charge in [-0.25, -0.2) is 14.1 Å². The molecule has 0 spiro atoms. The average Bonchev–Trinajstić information content (AvgIpc) is 3.18. The maximum absolute atomic E-state index is 13.2. The average molecular weight is 348 g/mol. The normalized spacial score (nSPS) is 17.0. The van der Waals surface area contributed by atoms with Gasteiger partial charge in [-0.1, -0.05) is 0 Å². The second-order valence-electron chi connectivity index (χ2n) is 6.19. The van der Waals surface area contributed by atoms with Crippen LogP contribution in [-0.4, -0.2) is 21.4 Å². The molecule has 0 N–H and O–H groups in total. The third-order valence-corrected chi connectivity index (χ3v) is 4.50. The van der Waals surface area contributed by atoms with Gasteiger partial charge in [0.2, 0.25) is 0 Å². The first-order valence-electron chi connectivity index (χ1n) is 8.59. The Hall–Kier alpha value is -3.04. The van der Waals surface area contributed by atoms with Gasteiger partial charge in [-0.3, -0.25) is 0 Å². The Morgan fingerprint density at radius 2 is 1.96 bits per heavy atom. The van der Waals surface area contributed by atoms with Gasteiger partial charge >= 0.3 is 0 Å². The summed E-state index contributed by atoms with van der Waals surface area (Å²) in [6, 6.07) is 13.7. The van der Waals surface area contributed by atoms with E-state index in [4.69, 9.17) is 4.74 Å². The van der Waals surface area contributed by atoms with Crippen LogP contribution in [0.2, 0.25) is 0 Å². The third-order valence-electron chi connectivity index (χ3n) is 4.50. The van der Waals surface area contributed by atoms with Gasteiger partial charge in [0.05, 0.1) is 17.0 Å². The Kier molecular flexibility index (Phi) is 4.46. The molecule has 0 bridgehead atoms. The molecule has 2 aromatic heterocycles. The number of nitriles is 1. The van der Waals surface area contributed by atoms with Crippen molar-refractivity contribution in [1.29, 1.82) is 5.26 Å². The van der Waals surface area contributed by atoms with E-state index in [1.165, 1.54) is 12.1 Å². The molecular formula is C20H17FN4O. The number of hydrogen-bond acceptors (Lipinski definition) is 4. The van der Waals surface area contributed by atoms with E-state index >= 15 is 0 Å². The molecule has 3 heterocycles. The molecule has 5 nitrogen and oxygen atoms in total. The molecule has 1 unspecified atom stereocenters. The zero-order valence-electron chi connectivity index (χ0n) is 14.1. The van der Waals surface area contributed by atoms with Crippen LogP contribution in [0.15, 0.2) is 48.7 Å². The van der Waals surface area contributed by atoms with Crippen LogP contribution in [0.3, 0.4) is 0 Å². The van der Waals surface area contributed by atoms with Crippen LogP contribution in [0, 0.1) is 17.1 Å². The predicted molar refractivity (Wildman–Crippen MR) is 94.4 cm³/mol. The van der Waals surface area contributed by atoms with Gasteiger partial charge in [-0.05, 0) is 61.7 Å². The van der Waals surface area contributed by atoms with Crippen LogP contribution in [0.1, 0.15) is 31.1 Å². The van der Waals surface area contributed by atoms with E-state index in [2.05, 4.69) is 16.2 Å². The van der Waals surface area contributed by atoms with E-state index in [0.717, 1.165) is 30.5 Å². The Morgan fingerprint density at radius 1 is 1.12 bits per heavy atom. The molecule has 0 radical (unpaired) electrons. The number of ether oxygens (including phenoxy) is 1. The highest BCUT2D eigenvalue weighted by Crippen LogP contribution is 2.30. The summed E-state index contributed by atoms with van der Waals surface area (Å²) in [5.41, 5.74) is 3.24. The Labute approximate surface area is 150 Å². The maximum atomic E-state index is 13.2. The molecule has 6 heteroatoms. The topological polar surface area (TPSA) is 63.7 Å². The second kappa shape index (κ2) is 7.06. The molecule has 1 saturated heterocycles. The lowest BCUT2D eigenvalue weighted by Gasteiger charge is -2.24. The molecule has 1 aliphatic heterocycles. The highest BCUT2D eigenvalue weighted by atomic mass is 19.1. The highest BCUT2D eigenvalue weighted by Gasteiger charge is 2.22. The van der Waals surface area contributed by atoms with Gasteiger partial charge in [-0.15, -0.1) is 0 Å². The summed E-state index contributed by atoms with van der Waals surface area (Å²) >= 11 is 0. The van der Waals surface area contributed by atoms with Crippen LogP contribution in [0.4, 0.5) is 4.39 Å². The fourth-order valence-electron chi connectivity index (χ4n) is 3.17. The van der Waals surface area contributed by atoms with Crippen LogP contribution in [0.25, 0.3) is 22.6 Å². The van der Waals surface area contributed by atoms with Gasteiger partial charge in [0.1, 0.15) is 17.6 Å². The maximum Gasteiger partial charge on any atom is 0.150 e. The second-order valence-corrected chi connectivity index (χ2v) is 6.19. The summed E-state index contributed by atoms with van der Waals surface area (Å²) in [5.74, 6) is -0.296. The van der Waals surface area contributed by atoms with Crippen molar-refractivity contribution < 1.29 is 9.13 Å². The smallest absolute Gasteiger partial charge is 0.150 e. The summed E-state index contributed by atoms with van der Waals surface area (Å²) in [7, 11) is 0. The van der Waals surface area contributed by atoms with E-state index < -0.39 is 0 Å². The van der Waals surface area contributed by atoms with Gasteiger partial charge in [0, 0.05) is 18.4 Å². The first-order chi connectivity index (χ1) is 12.8. The fraction of sp³-hybridized carbons (Fsp3) is 0.250. The van der Waals surface area contributed by atoms with Crippen molar-refractivity contribution in [2.24, 2.45) is 0 Å². The molecule has 0 saturated carbocycles. The Balaban J connectivity index is 1.79. The fourth-order valence-corrected chi connectivity index (χ4v) is 3.17. The highest BCUT2D eigenvalue weighted by molar-refractivity contribution is 5.69. The molecular weight excluding hydrogens is 331 g/mol. The van der Waals surface area contributed by atoms with Crippen molar-refractivity contribution in [2.45, 2.75) is 25.5 Å². The van der Waals surface area contributed by atoms with Crippen molar-refractivity contribution in [1.82, 2.24) is 14.8 Å². The molecule has 1 atom stereocenters. The molecule has 1 fully saturated rings. The lowest BCUT2D eigenvalue weighted by atomic mass is 10.1. The molecule has 4 rings (SSSR count). The zero-order chi connectivity index (χ0) is 17.9. The minimum atomic E-state index is -0.296. The standard InChI is InChI=1S/C20H17FN4O/c21-16-7-4-14(5-8-16)17-9-6-15(13-22)20(24-17)18-10-11-23-25(18)19-3-1-2-12-26-19/h4-11,19H,1-3,12H2. The summed E-state index contributed by atoms with van der Waals surface area (Å²) in [6.45, 7) is 0.706. The molecule has 26 heavy (non-hydrogen) atoms. The quantitative estimate of drug-likeness (QED) is 0.707. The van der Waals surface area contributed by atoms with Gasteiger partial charge in [0.15, 0.2) is 6.23 Å². The predicted octanol–water partition coefficient (Wildman–Crippen LogP) is 4.32. The number of aromatic nitrogens is 3. The molecule has 0 amide bonds. The minimum absolute atomic E-state index is 0.142. The number of halogens is 1. The van der Waals surface area contributed by atoms with Gasteiger partial charge < -0.3 is 4.74 Å². The van der Waals surface area contributed by atoms with Gasteiger partial charge in [0.25, 0.3) is 0 Å². The van der Waals surface area contributed by atoms with Crippen LogP contribution >= 0.6 is 0 Å². The summed E-state index contributed by atoms with van der Waals surface area (Å²) in [4.78, 5) is 4.68. The van der Waals surface area contributed by atoms with Crippen molar-refractivity contribution in [3.05, 3.63) is 60.0 Å². The molecule has 130 valence electrons. The summed E-state index contributed by atoms with van der Waals surface area (Å²) < 4.78 is 20.8. The van der Waals surface area contributed by atoms with Crippen molar-refractivity contribution in [3.63, 3.8) is 0 Å². The summed E-state index contributed by atoms with van der Waals surface area (Å²) in [5, 5.41) is 13.9. The molecule has 3 aromatic rings. The number of pyridine rings is 1. The lowest BCUT2D eigenvalue weighted by molar-refractivity contribution is -0.0384. The number of benzene rings is 1. The molecule has 1 aliphatic rings. The van der Waals surface area contributed by atoms with E-state index in [9.17, 15) is 9.65 Å². The first kappa shape index (κ1) is 16.4. The van der Waals surface area contributed by atoms with Crippen LogP contribution in [0.5, 0.6) is 0 Å². The zero-order valence-corrected chi connectivity index (χ0v) is 14.1. The lowest BCUT2D eigenvalue weighted by Crippen LogP contribution is -2.20. The molecule has 1 aromatic carbocycles.